The van der Waals surface area contributed by atoms with Gasteiger partial charge in [-0.25, -0.2) is 13.8 Å². The van der Waals surface area contributed by atoms with Crippen LogP contribution < -0.4 is 21.3 Å². The molecule has 9 nitrogen and oxygen atoms in total. The van der Waals surface area contributed by atoms with E-state index in [1.807, 2.05) is 13.8 Å². The van der Waals surface area contributed by atoms with Crippen LogP contribution in [0, 0.1) is 11.6 Å². The van der Waals surface area contributed by atoms with Crippen LogP contribution in [0.5, 0.6) is 11.5 Å². The van der Waals surface area contributed by atoms with Crippen LogP contribution in [0.25, 0.3) is 16.7 Å². The van der Waals surface area contributed by atoms with Crippen LogP contribution in [0.3, 0.4) is 0 Å². The molecule has 0 radical (unpaired) electrons. The number of hydrogen-bond acceptors (Lipinski definition) is 6. The maximum Gasteiger partial charge on any atom is 0.267 e. The zero-order valence-corrected chi connectivity index (χ0v) is 20.3. The highest BCUT2D eigenvalue weighted by molar-refractivity contribution is 6.04. The van der Waals surface area contributed by atoms with Crippen LogP contribution >= 0.6 is 0 Å². The number of aromatic amines is 1. The summed E-state index contributed by atoms with van der Waals surface area (Å²) in [7, 11) is 0. The molecule has 0 aliphatic heterocycles. The van der Waals surface area contributed by atoms with E-state index < -0.39 is 23.1 Å². The number of H-pyrrole nitrogens is 1. The van der Waals surface area contributed by atoms with Gasteiger partial charge < -0.3 is 15.8 Å². The number of pyridine rings is 2. The van der Waals surface area contributed by atoms with Gasteiger partial charge in [-0.3, -0.25) is 19.3 Å². The summed E-state index contributed by atoms with van der Waals surface area (Å²) < 4.78 is 35.3. The lowest BCUT2D eigenvalue weighted by atomic mass is 10.0. The van der Waals surface area contributed by atoms with Crippen LogP contribution in [0.15, 0.2) is 71.8 Å². The summed E-state index contributed by atoms with van der Waals surface area (Å²) in [6.45, 7) is 3.83. The number of nitrogens with one attached hydrogen (secondary N) is 2. The van der Waals surface area contributed by atoms with Crippen molar-refractivity contribution in [2.75, 3.05) is 11.1 Å². The summed E-state index contributed by atoms with van der Waals surface area (Å²) in [5, 5.41) is 9.51. The maximum atomic E-state index is 14.9. The smallest absolute Gasteiger partial charge is 0.267 e. The van der Waals surface area contributed by atoms with Gasteiger partial charge in [-0.1, -0.05) is 13.8 Å². The highest BCUT2D eigenvalue weighted by atomic mass is 19.1. The molecule has 0 unspecified atom stereocenters. The standard InChI is InChI=1S/C27H22F2N6O3/c1-14(2)15-11-19(27(37)35(13-15)18-6-3-16(28)4-7-18)26(36)32-17-5-8-21(20(29)12-17)38-22-9-10-31-25-23(22)24(30)33-34-25/h3-14H,1-2H3,(H,32,36)(H3,30,31,33,34). The molecule has 38 heavy (non-hydrogen) atoms. The number of anilines is 2. The number of ether oxygens (including phenoxy) is 1. The number of amides is 1. The molecule has 192 valence electrons. The van der Waals surface area contributed by atoms with Crippen molar-refractivity contribution in [1.82, 2.24) is 19.7 Å². The zero-order chi connectivity index (χ0) is 27.0. The van der Waals surface area contributed by atoms with E-state index in [4.69, 9.17) is 10.5 Å². The Morgan fingerprint density at radius 1 is 1.08 bits per heavy atom. The Morgan fingerprint density at radius 2 is 1.84 bits per heavy atom. The van der Waals surface area contributed by atoms with Crippen molar-refractivity contribution < 1.29 is 18.3 Å². The van der Waals surface area contributed by atoms with Gasteiger partial charge in [0.15, 0.2) is 23.0 Å². The third kappa shape index (κ3) is 4.69. The lowest BCUT2D eigenvalue weighted by Gasteiger charge is -2.14. The summed E-state index contributed by atoms with van der Waals surface area (Å²) in [5.74, 6) is -1.64. The van der Waals surface area contributed by atoms with Gasteiger partial charge >= 0.3 is 0 Å². The average molecular weight is 517 g/mol. The van der Waals surface area contributed by atoms with Gasteiger partial charge in [-0.15, -0.1) is 0 Å². The van der Waals surface area contributed by atoms with Gasteiger partial charge in [-0.05, 0) is 53.9 Å². The third-order valence-electron chi connectivity index (χ3n) is 5.92. The number of carbonyl (C=O) groups excluding carboxylic acids is 1. The molecular formula is C27H22F2N6O3. The summed E-state index contributed by atoms with van der Waals surface area (Å²) in [5.41, 5.74) is 6.74. The normalized spacial score (nSPS) is 11.2. The summed E-state index contributed by atoms with van der Waals surface area (Å²) >= 11 is 0. The molecule has 0 bridgehead atoms. The molecule has 5 rings (SSSR count). The van der Waals surface area contributed by atoms with Crippen LogP contribution in [-0.2, 0) is 0 Å². The zero-order valence-electron chi connectivity index (χ0n) is 20.3. The lowest BCUT2D eigenvalue weighted by molar-refractivity contribution is 0.102. The number of halogens is 2. The van der Waals surface area contributed by atoms with Crippen LogP contribution in [0.2, 0.25) is 0 Å². The fraction of sp³-hybridized carbons (Fsp3) is 0.111. The molecule has 5 aromatic rings. The van der Waals surface area contributed by atoms with Crippen LogP contribution in [-0.4, -0.2) is 25.7 Å². The van der Waals surface area contributed by atoms with Gasteiger partial charge in [0.2, 0.25) is 0 Å². The van der Waals surface area contributed by atoms with Gasteiger partial charge in [0.25, 0.3) is 11.5 Å². The third-order valence-corrected chi connectivity index (χ3v) is 5.92. The van der Waals surface area contributed by atoms with E-state index in [1.54, 1.807) is 6.20 Å². The van der Waals surface area contributed by atoms with E-state index in [0.29, 0.717) is 16.7 Å². The number of fused-ring (bicyclic) bond motifs is 1. The second-order valence-corrected chi connectivity index (χ2v) is 8.84. The molecule has 0 spiro atoms. The Bertz CT molecular complexity index is 1730. The predicted octanol–water partition coefficient (Wildman–Crippen LogP) is 5.14. The van der Waals surface area contributed by atoms with Crippen molar-refractivity contribution in [3.05, 3.63) is 100 Å². The molecule has 3 heterocycles. The Balaban J connectivity index is 1.43. The van der Waals surface area contributed by atoms with E-state index >= 15 is 0 Å². The summed E-state index contributed by atoms with van der Waals surface area (Å²) in [4.78, 5) is 30.4. The minimum Gasteiger partial charge on any atom is -0.453 e. The summed E-state index contributed by atoms with van der Waals surface area (Å²) in [6.07, 6.45) is 3.08. The molecule has 1 amide bonds. The van der Waals surface area contributed by atoms with E-state index in [0.717, 1.165) is 11.6 Å². The van der Waals surface area contributed by atoms with Gasteiger partial charge in [0, 0.05) is 35.9 Å². The first-order valence-corrected chi connectivity index (χ1v) is 11.6. The van der Waals surface area contributed by atoms with Crippen molar-refractivity contribution in [1.29, 1.82) is 0 Å². The number of benzene rings is 2. The molecule has 0 saturated carbocycles. The van der Waals surface area contributed by atoms with Gasteiger partial charge in [-0.2, -0.15) is 5.10 Å². The first-order valence-electron chi connectivity index (χ1n) is 11.6. The Morgan fingerprint density at radius 3 is 2.55 bits per heavy atom. The molecule has 0 aliphatic rings. The highest BCUT2D eigenvalue weighted by Crippen LogP contribution is 2.33. The first-order chi connectivity index (χ1) is 18.2. The minimum atomic E-state index is -0.755. The average Bonchev–Trinajstić information content (AvgIpc) is 3.27. The molecule has 2 aromatic carbocycles. The molecule has 11 heteroatoms. The van der Waals surface area contributed by atoms with Crippen molar-refractivity contribution in [3.63, 3.8) is 0 Å². The van der Waals surface area contributed by atoms with Crippen molar-refractivity contribution in [3.8, 4) is 17.2 Å². The van der Waals surface area contributed by atoms with Crippen molar-refractivity contribution in [2.45, 2.75) is 19.8 Å². The molecule has 4 N–H and O–H groups in total. The number of carbonyl (C=O) groups is 1. The van der Waals surface area contributed by atoms with E-state index in [9.17, 15) is 18.4 Å². The second-order valence-electron chi connectivity index (χ2n) is 8.84. The quantitative estimate of drug-likeness (QED) is 0.287. The topological polar surface area (TPSA) is 128 Å². The van der Waals surface area contributed by atoms with E-state index in [2.05, 4.69) is 20.5 Å². The van der Waals surface area contributed by atoms with Gasteiger partial charge in [0.1, 0.15) is 22.5 Å². The Hall–Kier alpha value is -5.06. The predicted molar refractivity (Wildman–Crippen MR) is 139 cm³/mol. The van der Waals surface area contributed by atoms with Crippen molar-refractivity contribution >= 4 is 28.4 Å². The fourth-order valence-corrected chi connectivity index (χ4v) is 3.88. The van der Waals surface area contributed by atoms with Crippen LogP contribution in [0.4, 0.5) is 20.3 Å². The second kappa shape index (κ2) is 9.77. The number of rotatable bonds is 6. The number of nitrogen functional groups attached to an aromatic ring is 1. The SMILES string of the molecule is CC(C)c1cc(C(=O)Nc2ccc(Oc3ccnc4[nH]nc(N)c34)c(F)c2)c(=O)n(-c2ccc(F)cc2)c1. The number of nitrogens with two attached hydrogens (primary N) is 1. The first kappa shape index (κ1) is 24.6. The molecule has 3 aromatic heterocycles. The molecule has 0 atom stereocenters. The Kier molecular flexibility index (Phi) is 6.33. The van der Waals surface area contributed by atoms with Crippen LogP contribution in [0.1, 0.15) is 35.7 Å². The number of hydrogen-bond donors (Lipinski definition) is 3. The molecule has 0 fully saturated rings. The maximum absolute atomic E-state index is 14.9. The fourth-order valence-electron chi connectivity index (χ4n) is 3.88. The molecule has 0 saturated heterocycles. The number of aromatic nitrogens is 4. The molecular weight excluding hydrogens is 494 g/mol. The van der Waals surface area contributed by atoms with Crippen molar-refractivity contribution in [2.24, 2.45) is 0 Å². The van der Waals surface area contributed by atoms with E-state index in [1.165, 1.54) is 59.3 Å². The minimum absolute atomic E-state index is 0.00774. The monoisotopic (exact) mass is 516 g/mol. The summed E-state index contributed by atoms with van der Waals surface area (Å²) in [6, 6.07) is 12.2. The van der Waals surface area contributed by atoms with E-state index in [-0.39, 0.29) is 34.5 Å². The highest BCUT2D eigenvalue weighted by Gasteiger charge is 2.18. The van der Waals surface area contributed by atoms with Gasteiger partial charge in [0.05, 0.1) is 0 Å². The largest absolute Gasteiger partial charge is 0.453 e. The number of nitrogens with zero attached hydrogens (tertiary/aromatic N) is 3. The Labute approximate surface area is 214 Å². The lowest BCUT2D eigenvalue weighted by Crippen LogP contribution is -2.29. The molecule has 0 aliphatic carbocycles.